The summed E-state index contributed by atoms with van der Waals surface area (Å²) < 4.78 is 77.5. The fourth-order valence-electron chi connectivity index (χ4n) is 1.20. The van der Waals surface area contributed by atoms with E-state index in [9.17, 15) is 26.5 Å². The summed E-state index contributed by atoms with van der Waals surface area (Å²) in [7, 11) is 0. The van der Waals surface area contributed by atoms with Crippen LogP contribution in [-0.2, 0) is 11.4 Å². The van der Waals surface area contributed by atoms with E-state index < -0.39 is 45.7 Å². The van der Waals surface area contributed by atoms with Gasteiger partial charge in [-0.25, -0.2) is 8.78 Å². The Kier molecular flexibility index (Phi) is 4.99. The van der Waals surface area contributed by atoms with Gasteiger partial charge in [-0.15, -0.1) is 4.72 Å². The molecule has 1 N–H and O–H groups in total. The summed E-state index contributed by atoms with van der Waals surface area (Å²) >= 11 is -2.10. The third-order valence-corrected chi connectivity index (χ3v) is 3.78. The molecule has 114 valence electrons. The van der Waals surface area contributed by atoms with Gasteiger partial charge in [0.15, 0.2) is 6.04 Å². The van der Waals surface area contributed by atoms with Crippen LogP contribution in [0.2, 0.25) is 0 Å². The number of pyridine rings is 1. The average Bonchev–Trinajstić information content (AvgIpc) is 2.23. The van der Waals surface area contributed by atoms with Crippen molar-refractivity contribution in [2.75, 3.05) is 0 Å². The highest BCUT2D eigenvalue weighted by molar-refractivity contribution is 7.90. The molecule has 0 amide bonds. The summed E-state index contributed by atoms with van der Waals surface area (Å²) in [6.45, 7) is 4.37. The number of nitrogens with one attached hydrogen (secondary N) is 1. The van der Waals surface area contributed by atoms with E-state index >= 15 is 0 Å². The molecule has 0 unspecified atom stereocenters. The minimum absolute atomic E-state index is 0.294. The lowest BCUT2D eigenvalue weighted by Gasteiger charge is -2.28. The molecular weight excluding hydrogens is 303 g/mol. The maximum Gasteiger partial charge on any atom is 0.413 e. The Morgan fingerprint density at radius 3 is 2.20 bits per heavy atom. The third-order valence-electron chi connectivity index (χ3n) is 2.22. The smallest absolute Gasteiger partial charge is 0.413 e. The molecule has 0 aromatic carbocycles. The van der Waals surface area contributed by atoms with E-state index in [1.807, 2.05) is 0 Å². The Labute approximate surface area is 115 Å². The molecule has 0 aliphatic carbocycles. The van der Waals surface area contributed by atoms with E-state index in [4.69, 9.17) is 0 Å². The standard InChI is InChI=1S/C11H13F5N2OS/c1-10(2,3)20(19)18-9(11(14,15)16)8-7(13)4-6(12)5-17-8/h4-5,9,18H,1-3H3/t9-,20+/m1/s1. The summed E-state index contributed by atoms with van der Waals surface area (Å²) in [6.07, 6.45) is -4.45. The highest BCUT2D eigenvalue weighted by Crippen LogP contribution is 2.34. The third kappa shape index (κ3) is 4.29. The molecule has 0 radical (unpaired) electrons. The molecule has 0 spiro atoms. The molecule has 0 saturated heterocycles. The zero-order valence-electron chi connectivity index (χ0n) is 10.9. The summed E-state index contributed by atoms with van der Waals surface area (Å²) in [5.74, 6) is -2.55. The monoisotopic (exact) mass is 316 g/mol. The normalized spacial score (nSPS) is 16.1. The van der Waals surface area contributed by atoms with Gasteiger partial charge in [-0.1, -0.05) is 0 Å². The van der Waals surface area contributed by atoms with Crippen LogP contribution in [0.3, 0.4) is 0 Å². The molecule has 0 fully saturated rings. The zero-order valence-corrected chi connectivity index (χ0v) is 11.7. The maximum absolute atomic E-state index is 13.4. The predicted molar refractivity (Wildman–Crippen MR) is 64.0 cm³/mol. The SMILES string of the molecule is CC(C)(C)[S@+]([O-])N[C@H](c1ncc(F)cc1F)C(F)(F)F. The summed E-state index contributed by atoms with van der Waals surface area (Å²) in [5, 5.41) is 0. The van der Waals surface area contributed by atoms with Crippen molar-refractivity contribution < 1.29 is 26.5 Å². The van der Waals surface area contributed by atoms with Gasteiger partial charge in [-0.05, 0) is 20.8 Å². The number of hydrogen-bond donors (Lipinski definition) is 1. The fraction of sp³-hybridized carbons (Fsp3) is 0.545. The van der Waals surface area contributed by atoms with Crippen molar-refractivity contribution in [3.8, 4) is 0 Å². The number of halogens is 5. The van der Waals surface area contributed by atoms with Crippen LogP contribution in [0.5, 0.6) is 0 Å². The largest absolute Gasteiger partial charge is 0.598 e. The lowest BCUT2D eigenvalue weighted by atomic mass is 10.2. The van der Waals surface area contributed by atoms with Gasteiger partial charge in [0.05, 0.1) is 6.20 Å². The average molecular weight is 316 g/mol. The highest BCUT2D eigenvalue weighted by Gasteiger charge is 2.47. The van der Waals surface area contributed by atoms with Crippen molar-refractivity contribution in [1.82, 2.24) is 9.71 Å². The minimum atomic E-state index is -4.92. The van der Waals surface area contributed by atoms with Crippen molar-refractivity contribution in [3.63, 3.8) is 0 Å². The van der Waals surface area contributed by atoms with E-state index in [2.05, 4.69) is 4.98 Å². The van der Waals surface area contributed by atoms with E-state index in [0.717, 1.165) is 0 Å². The molecule has 1 aromatic rings. The molecule has 0 aliphatic rings. The first-order chi connectivity index (χ1) is 8.93. The molecule has 0 bridgehead atoms. The van der Waals surface area contributed by atoms with Crippen LogP contribution in [-0.4, -0.2) is 20.5 Å². The second-order valence-corrected chi connectivity index (χ2v) is 6.99. The Balaban J connectivity index is 3.14. The van der Waals surface area contributed by atoms with Crippen molar-refractivity contribution in [3.05, 3.63) is 29.6 Å². The first-order valence-corrected chi connectivity index (χ1v) is 6.63. The highest BCUT2D eigenvalue weighted by atomic mass is 32.2. The van der Waals surface area contributed by atoms with E-state index in [1.54, 1.807) is 4.72 Å². The van der Waals surface area contributed by atoms with Crippen molar-refractivity contribution in [2.24, 2.45) is 0 Å². The molecule has 0 aliphatic heterocycles. The Bertz CT molecular complexity index is 475. The number of rotatable bonds is 3. The lowest BCUT2D eigenvalue weighted by molar-refractivity contribution is -0.154. The maximum atomic E-state index is 13.4. The first-order valence-electron chi connectivity index (χ1n) is 5.48. The molecule has 3 nitrogen and oxygen atoms in total. The van der Waals surface area contributed by atoms with Crippen LogP contribution >= 0.6 is 0 Å². The van der Waals surface area contributed by atoms with E-state index in [0.29, 0.717) is 12.3 Å². The molecule has 2 atom stereocenters. The topological polar surface area (TPSA) is 48.0 Å². The van der Waals surface area contributed by atoms with Crippen molar-refractivity contribution >= 4 is 11.4 Å². The lowest BCUT2D eigenvalue weighted by Crippen LogP contribution is -2.46. The first kappa shape index (κ1) is 17.1. The summed E-state index contributed by atoms with van der Waals surface area (Å²) in [6, 6.07) is -2.29. The van der Waals surface area contributed by atoms with Gasteiger partial charge < -0.3 is 4.55 Å². The zero-order chi connectivity index (χ0) is 15.7. The second kappa shape index (κ2) is 5.82. The van der Waals surface area contributed by atoms with Gasteiger partial charge in [0.2, 0.25) is 0 Å². The van der Waals surface area contributed by atoms with Gasteiger partial charge in [0, 0.05) is 17.4 Å². The van der Waals surface area contributed by atoms with E-state index in [1.165, 1.54) is 20.8 Å². The summed E-state index contributed by atoms with van der Waals surface area (Å²) in [4.78, 5) is 3.11. The number of alkyl halides is 3. The van der Waals surface area contributed by atoms with Crippen LogP contribution < -0.4 is 4.72 Å². The van der Waals surface area contributed by atoms with Crippen LogP contribution in [0.25, 0.3) is 0 Å². The second-order valence-electron chi connectivity index (χ2n) is 4.99. The molecule has 0 saturated carbocycles. The van der Waals surface area contributed by atoms with Gasteiger partial charge >= 0.3 is 6.18 Å². The molecular formula is C11H13F5N2OS. The fourth-order valence-corrected chi connectivity index (χ4v) is 2.01. The molecule has 1 aromatic heterocycles. The van der Waals surface area contributed by atoms with Gasteiger partial charge in [-0.2, -0.15) is 13.2 Å². The van der Waals surface area contributed by atoms with Gasteiger partial charge in [-0.3, -0.25) is 4.98 Å². The Hall–Kier alpha value is -0.930. The van der Waals surface area contributed by atoms with E-state index in [-0.39, 0.29) is 0 Å². The summed E-state index contributed by atoms with van der Waals surface area (Å²) in [5.41, 5.74) is -1.04. The minimum Gasteiger partial charge on any atom is -0.598 e. The molecule has 1 heterocycles. The number of hydrogen-bond acceptors (Lipinski definition) is 3. The van der Waals surface area contributed by atoms with Crippen LogP contribution in [0.1, 0.15) is 32.5 Å². The van der Waals surface area contributed by atoms with Gasteiger partial charge in [0.1, 0.15) is 22.1 Å². The molecule has 1 rings (SSSR count). The number of aromatic nitrogens is 1. The Morgan fingerprint density at radius 1 is 1.25 bits per heavy atom. The van der Waals surface area contributed by atoms with Crippen LogP contribution in [0, 0.1) is 11.6 Å². The Morgan fingerprint density at radius 2 is 1.80 bits per heavy atom. The van der Waals surface area contributed by atoms with Crippen molar-refractivity contribution in [2.45, 2.75) is 37.7 Å². The number of nitrogens with zero attached hydrogens (tertiary/aromatic N) is 1. The van der Waals surface area contributed by atoms with Crippen molar-refractivity contribution in [1.29, 1.82) is 0 Å². The van der Waals surface area contributed by atoms with Crippen LogP contribution in [0.4, 0.5) is 22.0 Å². The molecule has 9 heteroatoms. The van der Waals surface area contributed by atoms with Gasteiger partial charge in [0.25, 0.3) is 0 Å². The molecule has 20 heavy (non-hydrogen) atoms. The predicted octanol–water partition coefficient (Wildman–Crippen LogP) is 3.02. The van der Waals surface area contributed by atoms with Crippen LogP contribution in [0.15, 0.2) is 12.3 Å². The quantitative estimate of drug-likeness (QED) is 0.689.